The number of carbonyl (C=O) groups is 1. The molecule has 1 saturated heterocycles. The lowest BCUT2D eigenvalue weighted by Gasteiger charge is -2.18. The molecule has 1 heterocycles. The Hall–Kier alpha value is -1.46. The van der Waals surface area contributed by atoms with Crippen LogP contribution < -0.4 is 4.90 Å². The van der Waals surface area contributed by atoms with Gasteiger partial charge in [0.1, 0.15) is 6.07 Å². The molecule has 1 aliphatic heterocycles. The van der Waals surface area contributed by atoms with E-state index in [1.807, 2.05) is 6.07 Å². The van der Waals surface area contributed by atoms with Crippen LogP contribution >= 0.6 is 15.9 Å². The molecule has 1 atom stereocenters. The molecule has 0 aliphatic carbocycles. The molecule has 0 aromatic heterocycles. The van der Waals surface area contributed by atoms with Gasteiger partial charge >= 0.3 is 10.2 Å². The predicted octanol–water partition coefficient (Wildman–Crippen LogP) is 1.97. The Morgan fingerprint density at radius 1 is 1.50 bits per heavy atom. The number of nitrogens with zero attached hydrogens (tertiary/aromatic N) is 2. The normalized spacial score (nSPS) is 19.1. The predicted molar refractivity (Wildman–Crippen MR) is 74.2 cm³/mol. The van der Waals surface area contributed by atoms with E-state index in [9.17, 15) is 17.1 Å². The fraction of sp³-hybridized carbons (Fsp3) is 0.333. The van der Waals surface area contributed by atoms with Crippen LogP contribution in [-0.2, 0) is 15.0 Å². The zero-order valence-corrected chi connectivity index (χ0v) is 12.6. The summed E-state index contributed by atoms with van der Waals surface area (Å²) in [5, 5.41) is 9.05. The number of halogens is 2. The Kier molecular flexibility index (Phi) is 4.11. The van der Waals surface area contributed by atoms with Crippen molar-refractivity contribution < 1.29 is 17.1 Å². The van der Waals surface area contributed by atoms with Crippen LogP contribution in [-0.4, -0.2) is 26.6 Å². The summed E-state index contributed by atoms with van der Waals surface area (Å²) in [6, 6.07) is 6.82. The molecule has 0 saturated carbocycles. The third kappa shape index (κ3) is 3.35. The summed E-state index contributed by atoms with van der Waals surface area (Å²) in [5.41, 5.74) is 0.718. The van der Waals surface area contributed by atoms with Crippen molar-refractivity contribution in [2.75, 3.05) is 17.2 Å². The summed E-state index contributed by atoms with van der Waals surface area (Å²) >= 11 is 3.25. The van der Waals surface area contributed by atoms with Gasteiger partial charge in [-0.25, -0.2) is 0 Å². The summed E-state index contributed by atoms with van der Waals surface area (Å²) in [6.45, 7) is 0.0904. The van der Waals surface area contributed by atoms with Gasteiger partial charge in [-0.3, -0.25) is 4.79 Å². The Morgan fingerprint density at radius 3 is 2.80 bits per heavy atom. The first-order valence-electron chi connectivity index (χ1n) is 5.72. The monoisotopic (exact) mass is 360 g/mol. The van der Waals surface area contributed by atoms with Crippen LogP contribution in [0, 0.1) is 17.2 Å². The van der Waals surface area contributed by atoms with E-state index in [2.05, 4.69) is 15.9 Å². The van der Waals surface area contributed by atoms with Crippen molar-refractivity contribution in [3.8, 4) is 6.07 Å². The molecular formula is C12H10BrFN2O3S. The largest absolute Gasteiger partial charge is 0.311 e. The van der Waals surface area contributed by atoms with Crippen LogP contribution in [0.1, 0.15) is 12.0 Å². The zero-order valence-electron chi connectivity index (χ0n) is 10.2. The first-order valence-corrected chi connectivity index (χ1v) is 8.07. The smallest absolute Gasteiger partial charge is 0.302 e. The Labute approximate surface area is 124 Å². The number of hydrogen-bond acceptors (Lipinski definition) is 4. The summed E-state index contributed by atoms with van der Waals surface area (Å²) in [7, 11) is -4.61. The lowest BCUT2D eigenvalue weighted by Crippen LogP contribution is -2.26. The highest BCUT2D eigenvalue weighted by Gasteiger charge is 2.34. The van der Waals surface area contributed by atoms with Gasteiger partial charge in [-0.15, -0.1) is 3.89 Å². The van der Waals surface area contributed by atoms with Crippen LogP contribution in [0.2, 0.25) is 0 Å². The fourth-order valence-electron chi connectivity index (χ4n) is 2.23. The molecule has 20 heavy (non-hydrogen) atoms. The topological polar surface area (TPSA) is 78.2 Å². The molecule has 8 heteroatoms. The van der Waals surface area contributed by atoms with E-state index in [-0.39, 0.29) is 18.9 Å². The van der Waals surface area contributed by atoms with Crippen molar-refractivity contribution in [2.24, 2.45) is 5.92 Å². The molecule has 5 nitrogen and oxygen atoms in total. The van der Waals surface area contributed by atoms with E-state index in [0.717, 1.165) is 0 Å². The van der Waals surface area contributed by atoms with Crippen molar-refractivity contribution in [3.63, 3.8) is 0 Å². The molecule has 2 rings (SSSR count). The minimum Gasteiger partial charge on any atom is -0.311 e. The van der Waals surface area contributed by atoms with Gasteiger partial charge in [0.2, 0.25) is 5.91 Å². The molecule has 1 aromatic rings. The van der Waals surface area contributed by atoms with Gasteiger partial charge in [0, 0.05) is 23.4 Å². The quantitative estimate of drug-likeness (QED) is 0.772. The van der Waals surface area contributed by atoms with E-state index < -0.39 is 21.9 Å². The van der Waals surface area contributed by atoms with Gasteiger partial charge in [0.05, 0.1) is 17.0 Å². The standard InChI is InChI=1S/C12H10BrFN2O3S/c13-10-2-1-9(5-15)11(4-10)16-6-8(3-12(16)17)7-20(14,18)19/h1-2,4,8H,3,6-7H2. The maximum Gasteiger partial charge on any atom is 0.302 e. The van der Waals surface area contributed by atoms with Gasteiger partial charge < -0.3 is 4.90 Å². The number of carbonyl (C=O) groups excluding carboxylic acids is 1. The number of amides is 1. The summed E-state index contributed by atoms with van der Waals surface area (Å²) in [5.74, 6) is -1.58. The number of rotatable bonds is 3. The molecule has 0 N–H and O–H groups in total. The van der Waals surface area contributed by atoms with Crippen LogP contribution in [0.15, 0.2) is 22.7 Å². The third-order valence-electron chi connectivity index (χ3n) is 3.01. The second kappa shape index (κ2) is 5.50. The second-order valence-corrected chi connectivity index (χ2v) is 6.88. The lowest BCUT2D eigenvalue weighted by molar-refractivity contribution is -0.117. The van der Waals surface area contributed by atoms with Crippen molar-refractivity contribution in [1.82, 2.24) is 0 Å². The number of benzene rings is 1. The van der Waals surface area contributed by atoms with Gasteiger partial charge in [-0.1, -0.05) is 15.9 Å². The minimum atomic E-state index is -4.61. The molecule has 1 aliphatic rings. The van der Waals surface area contributed by atoms with E-state index in [0.29, 0.717) is 15.7 Å². The van der Waals surface area contributed by atoms with Gasteiger partial charge in [-0.05, 0) is 18.2 Å². The van der Waals surface area contributed by atoms with Crippen LogP contribution in [0.3, 0.4) is 0 Å². The van der Waals surface area contributed by atoms with Gasteiger partial charge in [0.25, 0.3) is 0 Å². The third-order valence-corrected chi connectivity index (χ3v) is 4.37. The number of hydrogen-bond donors (Lipinski definition) is 0. The SMILES string of the molecule is N#Cc1ccc(Br)cc1N1CC(CS(=O)(=O)F)CC1=O. The van der Waals surface area contributed by atoms with Crippen molar-refractivity contribution in [3.05, 3.63) is 28.2 Å². The van der Waals surface area contributed by atoms with Crippen LogP contribution in [0.25, 0.3) is 0 Å². The molecule has 0 bridgehead atoms. The first-order chi connectivity index (χ1) is 9.30. The highest BCUT2D eigenvalue weighted by atomic mass is 79.9. The highest BCUT2D eigenvalue weighted by molar-refractivity contribution is 9.10. The summed E-state index contributed by atoms with van der Waals surface area (Å²) < 4.78 is 34.7. The van der Waals surface area contributed by atoms with E-state index >= 15 is 0 Å². The lowest BCUT2D eigenvalue weighted by atomic mass is 10.1. The Bertz CT molecular complexity index is 699. The van der Waals surface area contributed by atoms with Crippen LogP contribution in [0.4, 0.5) is 9.57 Å². The maximum absolute atomic E-state index is 12.7. The fourth-order valence-corrected chi connectivity index (χ4v) is 3.37. The molecule has 0 radical (unpaired) electrons. The molecule has 0 spiro atoms. The average Bonchev–Trinajstić information content (AvgIpc) is 2.67. The first kappa shape index (κ1) is 14.9. The Balaban J connectivity index is 2.29. The van der Waals surface area contributed by atoms with E-state index in [1.165, 1.54) is 4.90 Å². The number of anilines is 1. The van der Waals surface area contributed by atoms with Crippen molar-refractivity contribution >= 4 is 37.7 Å². The summed E-state index contributed by atoms with van der Waals surface area (Å²) in [4.78, 5) is 13.3. The van der Waals surface area contributed by atoms with Gasteiger partial charge in [0.15, 0.2) is 0 Å². The molecule has 1 fully saturated rings. The van der Waals surface area contributed by atoms with Crippen molar-refractivity contribution in [2.45, 2.75) is 6.42 Å². The van der Waals surface area contributed by atoms with Crippen LogP contribution in [0.5, 0.6) is 0 Å². The van der Waals surface area contributed by atoms with E-state index in [4.69, 9.17) is 5.26 Å². The summed E-state index contributed by atoms with van der Waals surface area (Å²) in [6.07, 6.45) is -0.0411. The molecule has 1 aromatic carbocycles. The average molecular weight is 361 g/mol. The van der Waals surface area contributed by atoms with E-state index in [1.54, 1.807) is 18.2 Å². The van der Waals surface area contributed by atoms with Crippen molar-refractivity contribution in [1.29, 1.82) is 5.26 Å². The minimum absolute atomic E-state index is 0.0411. The molecule has 106 valence electrons. The molecule has 1 unspecified atom stereocenters. The molecule has 1 amide bonds. The zero-order chi connectivity index (χ0) is 14.9. The second-order valence-electron chi connectivity index (χ2n) is 4.55. The van der Waals surface area contributed by atoms with Gasteiger partial charge in [-0.2, -0.15) is 13.7 Å². The number of nitriles is 1. The highest BCUT2D eigenvalue weighted by Crippen LogP contribution is 2.31. The Morgan fingerprint density at radius 2 is 2.20 bits per heavy atom. The molecular weight excluding hydrogens is 351 g/mol. The maximum atomic E-state index is 12.7.